The summed E-state index contributed by atoms with van der Waals surface area (Å²) in [5.74, 6) is 0.965. The Morgan fingerprint density at radius 3 is 2.47 bits per heavy atom. The molecule has 3 rings (SSSR count). The van der Waals surface area contributed by atoms with Crippen molar-refractivity contribution in [2.75, 3.05) is 26.4 Å². The Balaban J connectivity index is 1.89. The molecule has 0 fully saturated rings. The molecule has 156 valence electrons. The monoisotopic (exact) mass is 444 g/mol. The molecule has 2 N–H and O–H groups in total. The first-order valence-electron chi connectivity index (χ1n) is 9.00. The van der Waals surface area contributed by atoms with E-state index < -0.39 is 16.0 Å². The lowest BCUT2D eigenvalue weighted by Gasteiger charge is -2.07. The molecule has 2 aromatic heterocycles. The molecule has 0 spiro atoms. The summed E-state index contributed by atoms with van der Waals surface area (Å²) in [4.78, 5) is 43.3. The molecule has 0 saturated carbocycles. The first kappa shape index (κ1) is 21.8. The Bertz CT molecular complexity index is 1290. The van der Waals surface area contributed by atoms with Gasteiger partial charge in [0.2, 0.25) is 0 Å². The number of H-pyrrole nitrogens is 2. The zero-order chi connectivity index (χ0) is 21.7. The van der Waals surface area contributed by atoms with Gasteiger partial charge in [-0.15, -0.1) is 23.1 Å². The van der Waals surface area contributed by atoms with Gasteiger partial charge < -0.3 is 14.9 Å². The highest BCUT2D eigenvalue weighted by molar-refractivity contribution is 8.01. The minimum Gasteiger partial charge on any atom is -0.316 e. The van der Waals surface area contributed by atoms with E-state index in [1.165, 1.54) is 24.3 Å². The van der Waals surface area contributed by atoms with Crippen LogP contribution < -0.4 is 21.8 Å². The maximum Gasteiger partial charge on any atom is 0.272 e. The predicted molar refractivity (Wildman–Crippen MR) is 121 cm³/mol. The molecule has 2 heterocycles. The SMILES string of the molecule is CN(C)CCSc1ccc(/C=c2\[nH]c(=O)/c(=C/c3cccc([N+](=O)[O-])c3)[nH]c2=O)s1. The molecule has 1 aromatic carbocycles. The van der Waals surface area contributed by atoms with Crippen LogP contribution in [0.4, 0.5) is 5.69 Å². The summed E-state index contributed by atoms with van der Waals surface area (Å²) in [6, 6.07) is 9.72. The highest BCUT2D eigenvalue weighted by atomic mass is 32.2. The number of thiophene rings is 1. The molecule has 0 aliphatic carbocycles. The smallest absolute Gasteiger partial charge is 0.272 e. The first-order valence-corrected chi connectivity index (χ1v) is 10.8. The summed E-state index contributed by atoms with van der Waals surface area (Å²) in [5, 5.41) is 11.1. The van der Waals surface area contributed by atoms with E-state index in [2.05, 4.69) is 14.9 Å². The number of thioether (sulfide) groups is 1. The van der Waals surface area contributed by atoms with Gasteiger partial charge in [-0.1, -0.05) is 12.1 Å². The third-order valence-corrected chi connectivity index (χ3v) is 6.29. The van der Waals surface area contributed by atoms with Crippen LogP contribution in [0, 0.1) is 10.1 Å². The van der Waals surface area contributed by atoms with Gasteiger partial charge in [-0.2, -0.15) is 0 Å². The van der Waals surface area contributed by atoms with Crippen molar-refractivity contribution in [2.45, 2.75) is 4.21 Å². The molecule has 0 radical (unpaired) electrons. The Labute approximate surface area is 179 Å². The minimum atomic E-state index is -0.517. The van der Waals surface area contributed by atoms with Gasteiger partial charge in [-0.25, -0.2) is 0 Å². The molecule has 8 nitrogen and oxygen atoms in total. The lowest BCUT2D eigenvalue weighted by atomic mass is 10.2. The molecule has 10 heteroatoms. The Kier molecular flexibility index (Phi) is 7.03. The Morgan fingerprint density at radius 1 is 1.10 bits per heavy atom. The van der Waals surface area contributed by atoms with Crippen LogP contribution in [-0.2, 0) is 0 Å². The lowest BCUT2D eigenvalue weighted by Crippen LogP contribution is -2.46. The van der Waals surface area contributed by atoms with Gasteiger partial charge in [0, 0.05) is 29.3 Å². The number of rotatable bonds is 7. The summed E-state index contributed by atoms with van der Waals surface area (Å²) in [6.07, 6.45) is 3.04. The number of nitrogens with zero attached hydrogens (tertiary/aromatic N) is 2. The molecule has 0 saturated heterocycles. The Hall–Kier alpha value is -2.95. The van der Waals surface area contributed by atoms with Gasteiger partial charge in [0.15, 0.2) is 0 Å². The van der Waals surface area contributed by atoms with Crippen molar-refractivity contribution in [2.24, 2.45) is 0 Å². The predicted octanol–water partition coefficient (Wildman–Crippen LogP) is 1.34. The van der Waals surface area contributed by atoms with Gasteiger partial charge >= 0.3 is 0 Å². The van der Waals surface area contributed by atoms with Crippen molar-refractivity contribution in [1.29, 1.82) is 0 Å². The number of non-ortho nitro benzene ring substituents is 1. The van der Waals surface area contributed by atoms with Crippen molar-refractivity contribution in [3.63, 3.8) is 0 Å². The second-order valence-corrected chi connectivity index (χ2v) is 9.20. The standard InChI is InChI=1S/C20H20N4O4S2/c1-23(2)8-9-29-18-7-6-15(30-18)12-17-20(26)21-16(19(25)22-17)11-13-4-3-5-14(10-13)24(27)28/h3-7,10-12H,8-9H2,1-2H3,(H,21,26)(H,22,25)/b16-11-,17-12-. The molecule has 30 heavy (non-hydrogen) atoms. The van der Waals surface area contributed by atoms with Crippen LogP contribution in [0.3, 0.4) is 0 Å². The van der Waals surface area contributed by atoms with Crippen molar-refractivity contribution < 1.29 is 4.92 Å². The fraction of sp³-hybridized carbons (Fsp3) is 0.200. The van der Waals surface area contributed by atoms with Crippen LogP contribution in [-0.4, -0.2) is 46.2 Å². The molecule has 0 aliphatic heterocycles. The number of hydrogen-bond acceptors (Lipinski definition) is 7. The van der Waals surface area contributed by atoms with Crippen LogP contribution >= 0.6 is 23.1 Å². The van der Waals surface area contributed by atoms with E-state index in [1.54, 1.807) is 35.2 Å². The lowest BCUT2D eigenvalue weighted by molar-refractivity contribution is -0.384. The maximum atomic E-state index is 12.4. The molecule has 3 aromatic rings. The van der Waals surface area contributed by atoms with Gasteiger partial charge in [0.25, 0.3) is 16.8 Å². The zero-order valence-corrected chi connectivity index (χ0v) is 18.0. The van der Waals surface area contributed by atoms with E-state index in [0.29, 0.717) is 5.56 Å². The quantitative estimate of drug-likeness (QED) is 0.323. The summed E-state index contributed by atoms with van der Waals surface area (Å²) >= 11 is 3.29. The topological polar surface area (TPSA) is 112 Å². The summed E-state index contributed by atoms with van der Waals surface area (Å²) in [6.45, 7) is 0.969. The van der Waals surface area contributed by atoms with Gasteiger partial charge in [0.1, 0.15) is 10.7 Å². The second-order valence-electron chi connectivity index (χ2n) is 6.68. The van der Waals surface area contributed by atoms with E-state index >= 15 is 0 Å². The molecular formula is C20H20N4O4S2. The highest BCUT2D eigenvalue weighted by Crippen LogP contribution is 2.27. The molecule has 0 bridgehead atoms. The van der Waals surface area contributed by atoms with Crippen molar-refractivity contribution in [3.05, 3.63) is 88.4 Å². The van der Waals surface area contributed by atoms with E-state index in [0.717, 1.165) is 21.4 Å². The van der Waals surface area contributed by atoms with Crippen molar-refractivity contribution >= 4 is 40.9 Å². The van der Waals surface area contributed by atoms with E-state index in [4.69, 9.17) is 0 Å². The normalized spacial score (nSPS) is 12.6. The number of nitrogens with one attached hydrogen (secondary N) is 2. The number of benzene rings is 1. The average Bonchev–Trinajstić information content (AvgIpc) is 3.13. The fourth-order valence-electron chi connectivity index (χ4n) is 2.55. The maximum absolute atomic E-state index is 12.4. The van der Waals surface area contributed by atoms with Crippen LogP contribution in [0.1, 0.15) is 10.4 Å². The number of nitro groups is 1. The largest absolute Gasteiger partial charge is 0.316 e. The minimum absolute atomic E-state index is 0.0313. The van der Waals surface area contributed by atoms with Crippen LogP contribution in [0.15, 0.2) is 50.2 Å². The molecular weight excluding hydrogens is 424 g/mol. The van der Waals surface area contributed by atoms with E-state index in [-0.39, 0.29) is 16.4 Å². The summed E-state index contributed by atoms with van der Waals surface area (Å²) in [7, 11) is 4.05. The number of aromatic amines is 2. The summed E-state index contributed by atoms with van der Waals surface area (Å²) < 4.78 is 1.14. The third-order valence-electron chi connectivity index (χ3n) is 4.05. The van der Waals surface area contributed by atoms with Crippen molar-refractivity contribution in [1.82, 2.24) is 14.9 Å². The molecule has 0 unspecified atom stereocenters. The van der Waals surface area contributed by atoms with Gasteiger partial charge in [-0.05, 0) is 43.9 Å². The van der Waals surface area contributed by atoms with Crippen molar-refractivity contribution in [3.8, 4) is 0 Å². The number of nitro benzene ring substituents is 1. The fourth-order valence-corrected chi connectivity index (χ4v) is 4.83. The van der Waals surface area contributed by atoms with Gasteiger partial charge in [-0.3, -0.25) is 19.7 Å². The summed E-state index contributed by atoms with van der Waals surface area (Å²) in [5.41, 5.74) is -0.574. The van der Waals surface area contributed by atoms with Crippen LogP contribution in [0.2, 0.25) is 0 Å². The van der Waals surface area contributed by atoms with E-state index in [1.807, 2.05) is 26.2 Å². The third kappa shape index (κ3) is 5.78. The number of hydrogen-bond donors (Lipinski definition) is 2. The molecule has 0 atom stereocenters. The first-order chi connectivity index (χ1) is 14.3. The van der Waals surface area contributed by atoms with E-state index in [9.17, 15) is 19.7 Å². The number of aromatic nitrogens is 2. The van der Waals surface area contributed by atoms with Gasteiger partial charge in [0.05, 0.1) is 9.13 Å². The van der Waals surface area contributed by atoms with Crippen LogP contribution in [0.5, 0.6) is 0 Å². The van der Waals surface area contributed by atoms with Crippen LogP contribution in [0.25, 0.3) is 12.2 Å². The molecule has 0 amide bonds. The zero-order valence-electron chi connectivity index (χ0n) is 16.4. The molecule has 0 aliphatic rings. The Morgan fingerprint density at radius 2 is 1.80 bits per heavy atom. The highest BCUT2D eigenvalue weighted by Gasteiger charge is 2.05. The second kappa shape index (κ2) is 9.70. The average molecular weight is 445 g/mol.